The quantitative estimate of drug-likeness (QED) is 0.674. The number of aromatic nitrogens is 1. The first-order valence-electron chi connectivity index (χ1n) is 5.36. The first-order chi connectivity index (χ1) is 8.67. The summed E-state index contributed by atoms with van der Waals surface area (Å²) in [5.41, 5.74) is -0.620. The molecule has 0 fully saturated rings. The molecule has 0 aliphatic carbocycles. The van der Waals surface area contributed by atoms with Crippen LogP contribution in [-0.2, 0) is 14.3 Å². The van der Waals surface area contributed by atoms with E-state index in [1.165, 1.54) is 6.20 Å². The summed E-state index contributed by atoms with van der Waals surface area (Å²) in [5.74, 6) is -1.69. The Bertz CT molecular complexity index is 503. The van der Waals surface area contributed by atoms with Gasteiger partial charge in [-0.05, 0) is 20.8 Å². The van der Waals surface area contributed by atoms with E-state index in [4.69, 9.17) is 9.47 Å². The van der Waals surface area contributed by atoms with E-state index < -0.39 is 23.4 Å². The summed E-state index contributed by atoms with van der Waals surface area (Å²) in [6, 6.07) is 0. The topological polar surface area (TPSA) is 94.6 Å². The summed E-state index contributed by atoms with van der Waals surface area (Å²) < 4.78 is 9.74. The molecule has 0 bridgehead atoms. The van der Waals surface area contributed by atoms with E-state index in [-0.39, 0.29) is 10.2 Å². The standard InChI is InChI=1S/C11H14N2O5S/c1-6(14)8(15)17-7-5-12-9(19-7)13-10(16)18-11(2,3)4/h5H,1-4H3,(H,12,13,16). The lowest BCUT2D eigenvalue weighted by molar-refractivity contribution is -0.145. The second-order valence-corrected chi connectivity index (χ2v) is 5.55. The molecule has 0 atom stereocenters. The van der Waals surface area contributed by atoms with Crippen LogP contribution in [0.4, 0.5) is 9.93 Å². The Morgan fingerprint density at radius 1 is 1.32 bits per heavy atom. The van der Waals surface area contributed by atoms with Crippen molar-refractivity contribution in [3.63, 3.8) is 0 Å². The summed E-state index contributed by atoms with van der Waals surface area (Å²) >= 11 is 0.915. The maximum absolute atomic E-state index is 11.4. The summed E-state index contributed by atoms with van der Waals surface area (Å²) in [6.07, 6.45) is 0.573. The Kier molecular flexibility index (Phi) is 4.60. The smallest absolute Gasteiger partial charge is 0.413 e. The molecule has 1 heterocycles. The van der Waals surface area contributed by atoms with E-state index in [2.05, 4.69) is 10.3 Å². The average molecular weight is 286 g/mol. The molecule has 0 saturated carbocycles. The van der Waals surface area contributed by atoms with Gasteiger partial charge in [0.05, 0.1) is 6.20 Å². The largest absolute Gasteiger partial charge is 0.444 e. The van der Waals surface area contributed by atoms with Crippen molar-refractivity contribution in [3.05, 3.63) is 6.20 Å². The minimum atomic E-state index is -0.979. The number of hydrogen-bond acceptors (Lipinski definition) is 7. The van der Waals surface area contributed by atoms with Gasteiger partial charge >= 0.3 is 12.1 Å². The highest BCUT2D eigenvalue weighted by atomic mass is 32.1. The second-order valence-electron chi connectivity index (χ2n) is 4.56. The predicted octanol–water partition coefficient (Wildman–Crippen LogP) is 1.98. The van der Waals surface area contributed by atoms with Gasteiger partial charge in [0.1, 0.15) is 5.60 Å². The Balaban J connectivity index is 2.58. The molecule has 0 saturated heterocycles. The molecule has 19 heavy (non-hydrogen) atoms. The molecular weight excluding hydrogens is 272 g/mol. The lowest BCUT2D eigenvalue weighted by atomic mass is 10.2. The van der Waals surface area contributed by atoms with Crippen LogP contribution in [0, 0.1) is 0 Å². The minimum Gasteiger partial charge on any atom is -0.444 e. The van der Waals surface area contributed by atoms with Crippen molar-refractivity contribution in [2.75, 3.05) is 5.32 Å². The van der Waals surface area contributed by atoms with Crippen LogP contribution in [0.2, 0.25) is 0 Å². The first-order valence-corrected chi connectivity index (χ1v) is 6.17. The van der Waals surface area contributed by atoms with Crippen LogP contribution in [-0.4, -0.2) is 28.4 Å². The Morgan fingerprint density at radius 2 is 1.95 bits per heavy atom. The third-order valence-electron chi connectivity index (χ3n) is 1.57. The fourth-order valence-corrected chi connectivity index (χ4v) is 1.57. The molecule has 0 spiro atoms. The molecule has 104 valence electrons. The van der Waals surface area contributed by atoms with E-state index in [0.717, 1.165) is 18.3 Å². The van der Waals surface area contributed by atoms with Crippen molar-refractivity contribution in [2.45, 2.75) is 33.3 Å². The number of amides is 1. The van der Waals surface area contributed by atoms with Crippen LogP contribution in [0.5, 0.6) is 5.06 Å². The van der Waals surface area contributed by atoms with Crippen molar-refractivity contribution in [3.8, 4) is 5.06 Å². The number of thiazole rings is 1. The molecule has 0 unspecified atom stereocenters. The molecular formula is C11H14N2O5S. The fraction of sp³-hybridized carbons (Fsp3) is 0.455. The monoisotopic (exact) mass is 286 g/mol. The number of ketones is 1. The van der Waals surface area contributed by atoms with Gasteiger partial charge in [-0.3, -0.25) is 10.1 Å². The van der Waals surface area contributed by atoms with E-state index >= 15 is 0 Å². The van der Waals surface area contributed by atoms with Gasteiger partial charge in [-0.15, -0.1) is 0 Å². The molecule has 1 amide bonds. The zero-order valence-corrected chi connectivity index (χ0v) is 11.8. The predicted molar refractivity (Wildman–Crippen MR) is 68.3 cm³/mol. The lowest BCUT2D eigenvalue weighted by Gasteiger charge is -2.18. The number of esters is 1. The molecule has 0 radical (unpaired) electrons. The number of anilines is 1. The maximum atomic E-state index is 11.4. The number of hydrogen-bond donors (Lipinski definition) is 1. The zero-order valence-electron chi connectivity index (χ0n) is 11.0. The number of carbonyl (C=O) groups excluding carboxylic acids is 3. The lowest BCUT2D eigenvalue weighted by Crippen LogP contribution is -2.27. The van der Waals surface area contributed by atoms with Crippen molar-refractivity contribution in [1.29, 1.82) is 0 Å². The minimum absolute atomic E-state index is 0.117. The van der Waals surface area contributed by atoms with E-state index in [1.807, 2.05) is 0 Å². The van der Waals surface area contributed by atoms with Gasteiger partial charge in [0.15, 0.2) is 5.13 Å². The molecule has 7 nitrogen and oxygen atoms in total. The van der Waals surface area contributed by atoms with Crippen molar-refractivity contribution in [2.24, 2.45) is 0 Å². The zero-order chi connectivity index (χ0) is 14.6. The number of Topliss-reactive ketones (excluding diaryl/α,β-unsaturated/α-hetero) is 1. The highest BCUT2D eigenvalue weighted by Crippen LogP contribution is 2.26. The van der Waals surface area contributed by atoms with Crippen LogP contribution in [0.25, 0.3) is 0 Å². The molecule has 0 aliphatic heterocycles. The summed E-state index contributed by atoms with van der Waals surface area (Å²) in [6.45, 7) is 6.29. The summed E-state index contributed by atoms with van der Waals surface area (Å²) in [7, 11) is 0. The molecule has 1 N–H and O–H groups in total. The van der Waals surface area contributed by atoms with Crippen molar-refractivity contribution in [1.82, 2.24) is 4.98 Å². The van der Waals surface area contributed by atoms with E-state index in [1.54, 1.807) is 20.8 Å². The first kappa shape index (κ1) is 15.1. The Morgan fingerprint density at radius 3 is 2.47 bits per heavy atom. The van der Waals surface area contributed by atoms with E-state index in [0.29, 0.717) is 0 Å². The Labute approximate surface area is 113 Å². The maximum Gasteiger partial charge on any atom is 0.413 e. The third-order valence-corrected chi connectivity index (χ3v) is 2.36. The summed E-state index contributed by atoms with van der Waals surface area (Å²) in [5, 5.41) is 2.72. The van der Waals surface area contributed by atoms with Gasteiger partial charge in [0.25, 0.3) is 0 Å². The van der Waals surface area contributed by atoms with Crippen LogP contribution >= 0.6 is 11.3 Å². The molecule has 0 aliphatic rings. The number of nitrogens with zero attached hydrogens (tertiary/aromatic N) is 1. The number of rotatable bonds is 3. The van der Waals surface area contributed by atoms with E-state index in [9.17, 15) is 14.4 Å². The van der Waals surface area contributed by atoms with Crippen LogP contribution in [0.3, 0.4) is 0 Å². The third kappa shape index (κ3) is 5.47. The molecule has 1 aromatic heterocycles. The van der Waals surface area contributed by atoms with Gasteiger partial charge in [-0.2, -0.15) is 0 Å². The van der Waals surface area contributed by atoms with Gasteiger partial charge in [0, 0.05) is 6.92 Å². The second kappa shape index (κ2) is 5.79. The summed E-state index contributed by atoms with van der Waals surface area (Å²) in [4.78, 5) is 37.0. The van der Waals surface area contributed by atoms with Gasteiger partial charge in [-0.25, -0.2) is 14.6 Å². The van der Waals surface area contributed by atoms with Crippen molar-refractivity contribution >= 4 is 34.3 Å². The van der Waals surface area contributed by atoms with Crippen LogP contribution < -0.4 is 10.1 Å². The number of nitrogens with one attached hydrogen (secondary N) is 1. The van der Waals surface area contributed by atoms with Crippen molar-refractivity contribution < 1.29 is 23.9 Å². The fourth-order valence-electron chi connectivity index (χ4n) is 0.918. The SMILES string of the molecule is CC(=O)C(=O)Oc1cnc(NC(=O)OC(C)(C)C)s1. The number of carbonyl (C=O) groups is 3. The van der Waals surface area contributed by atoms with Crippen LogP contribution in [0.1, 0.15) is 27.7 Å². The highest BCUT2D eigenvalue weighted by Gasteiger charge is 2.18. The average Bonchev–Trinajstić information content (AvgIpc) is 2.61. The van der Waals surface area contributed by atoms with Crippen LogP contribution in [0.15, 0.2) is 6.20 Å². The molecule has 0 aromatic carbocycles. The van der Waals surface area contributed by atoms with Gasteiger partial charge in [0.2, 0.25) is 10.8 Å². The molecule has 8 heteroatoms. The normalized spacial score (nSPS) is 10.7. The number of ether oxygens (including phenoxy) is 2. The Hall–Kier alpha value is -1.96. The molecule has 1 rings (SSSR count). The highest BCUT2D eigenvalue weighted by molar-refractivity contribution is 7.17. The van der Waals surface area contributed by atoms with Gasteiger partial charge < -0.3 is 9.47 Å². The molecule has 1 aromatic rings. The van der Waals surface area contributed by atoms with Gasteiger partial charge in [-0.1, -0.05) is 11.3 Å².